The number of hydrogen-bond donors (Lipinski definition) is 1. The average molecular weight is 453 g/mol. The summed E-state index contributed by atoms with van der Waals surface area (Å²) in [5.41, 5.74) is 3.54. The first kappa shape index (κ1) is 22.1. The van der Waals surface area contributed by atoms with Crippen LogP contribution in [0, 0.1) is 5.82 Å². The molecule has 8 heteroatoms. The number of ether oxygens (including phenoxy) is 1. The first-order valence-corrected chi connectivity index (χ1v) is 11.0. The minimum atomic E-state index is -0.312. The Bertz CT molecular complexity index is 1100. The third kappa shape index (κ3) is 4.71. The predicted molar refractivity (Wildman–Crippen MR) is 125 cm³/mol. The summed E-state index contributed by atoms with van der Waals surface area (Å²) in [6.07, 6.45) is 0.834. The highest BCUT2D eigenvalue weighted by Gasteiger charge is 2.33. The normalized spacial score (nSPS) is 16.4. The summed E-state index contributed by atoms with van der Waals surface area (Å²) in [5, 5.41) is 8.23. The Morgan fingerprint density at radius 1 is 1.16 bits per heavy atom. The van der Waals surface area contributed by atoms with Crippen molar-refractivity contribution in [3.8, 4) is 11.4 Å². The van der Waals surface area contributed by atoms with Gasteiger partial charge in [0.2, 0.25) is 5.82 Å². The lowest BCUT2D eigenvalue weighted by atomic mass is 9.95. The number of hydrogen-bond acceptors (Lipinski definition) is 5. The average Bonchev–Trinajstić information content (AvgIpc) is 3.29. The van der Waals surface area contributed by atoms with E-state index in [1.165, 1.54) is 12.1 Å². The molecule has 0 amide bonds. The van der Waals surface area contributed by atoms with E-state index in [0.717, 1.165) is 23.3 Å². The topological polar surface area (TPSA) is 63.4 Å². The van der Waals surface area contributed by atoms with Crippen molar-refractivity contribution in [3.63, 3.8) is 0 Å². The van der Waals surface area contributed by atoms with Gasteiger partial charge in [-0.1, -0.05) is 35.5 Å². The van der Waals surface area contributed by atoms with E-state index in [4.69, 9.17) is 21.5 Å². The molecule has 166 valence electrons. The van der Waals surface area contributed by atoms with Gasteiger partial charge in [-0.3, -0.25) is 0 Å². The molecule has 1 N–H and O–H groups in total. The van der Waals surface area contributed by atoms with Gasteiger partial charge in [0.15, 0.2) is 5.11 Å². The molecule has 0 radical (unpaired) electrons. The maximum absolute atomic E-state index is 13.3. The Morgan fingerprint density at radius 3 is 2.62 bits per heavy atom. The van der Waals surface area contributed by atoms with Crippen LogP contribution in [-0.4, -0.2) is 39.9 Å². The van der Waals surface area contributed by atoms with Crippen molar-refractivity contribution >= 4 is 22.9 Å². The molecule has 1 aromatic heterocycles. The van der Waals surface area contributed by atoms with Crippen molar-refractivity contribution in [1.82, 2.24) is 20.4 Å². The van der Waals surface area contributed by atoms with Gasteiger partial charge in [0, 0.05) is 31.0 Å². The van der Waals surface area contributed by atoms with Crippen LogP contribution in [0.1, 0.15) is 37.8 Å². The minimum absolute atomic E-state index is 0.228. The summed E-state index contributed by atoms with van der Waals surface area (Å²) in [6, 6.07) is 15.8. The summed E-state index contributed by atoms with van der Waals surface area (Å²) in [7, 11) is 0. The van der Waals surface area contributed by atoms with E-state index in [9.17, 15) is 4.39 Å². The van der Waals surface area contributed by atoms with Gasteiger partial charge >= 0.3 is 0 Å². The largest absolute Gasteiger partial charge is 0.382 e. The third-order valence-corrected chi connectivity index (χ3v) is 5.70. The van der Waals surface area contributed by atoms with E-state index in [2.05, 4.69) is 15.5 Å². The number of nitrogens with one attached hydrogen (secondary N) is 1. The fourth-order valence-corrected chi connectivity index (χ4v) is 4.09. The monoisotopic (exact) mass is 452 g/mol. The summed E-state index contributed by atoms with van der Waals surface area (Å²) >= 11 is 5.69. The highest BCUT2D eigenvalue weighted by atomic mass is 32.1. The number of thiocarbonyl (C=S) groups is 1. The number of allylic oxidation sites excluding steroid dienone is 1. The highest BCUT2D eigenvalue weighted by Crippen LogP contribution is 2.37. The lowest BCUT2D eigenvalue weighted by molar-refractivity contribution is 0.141. The van der Waals surface area contributed by atoms with Crippen LogP contribution in [0.2, 0.25) is 0 Å². The summed E-state index contributed by atoms with van der Waals surface area (Å²) in [5.74, 6) is 0.497. The first-order chi connectivity index (χ1) is 15.6. The quantitative estimate of drug-likeness (QED) is 0.383. The van der Waals surface area contributed by atoms with E-state index >= 15 is 0 Å². The number of aromatic nitrogens is 2. The lowest BCUT2D eigenvalue weighted by Gasteiger charge is -2.37. The molecule has 0 saturated carbocycles. The van der Waals surface area contributed by atoms with Gasteiger partial charge < -0.3 is 19.5 Å². The van der Waals surface area contributed by atoms with Crippen molar-refractivity contribution in [2.24, 2.45) is 0 Å². The number of rotatable bonds is 8. The van der Waals surface area contributed by atoms with Crippen LogP contribution in [0.15, 0.2) is 64.8 Å². The Labute approximate surface area is 192 Å². The zero-order chi connectivity index (χ0) is 22.5. The zero-order valence-electron chi connectivity index (χ0n) is 18.0. The standard InChI is InChI=1S/C24H25FN4O2S/c1-3-30-15-7-14-29-16(2)20(21(26-24(29)32)17-8-5-4-6-9-17)23-27-22(28-31-23)18-10-12-19(25)13-11-18/h4-6,8-13,21H,3,7,14-15H2,1-2H3,(H,26,32). The molecule has 0 aliphatic carbocycles. The van der Waals surface area contributed by atoms with Crippen molar-refractivity contribution < 1.29 is 13.7 Å². The Balaban J connectivity index is 1.72. The first-order valence-electron chi connectivity index (χ1n) is 10.6. The molecule has 4 rings (SSSR count). The van der Waals surface area contributed by atoms with Crippen molar-refractivity contribution in [1.29, 1.82) is 0 Å². The summed E-state index contributed by atoms with van der Waals surface area (Å²) < 4.78 is 24.5. The fraction of sp³-hybridized carbons (Fsp3) is 0.292. The molecule has 6 nitrogen and oxygen atoms in total. The molecule has 0 bridgehead atoms. The molecule has 0 fully saturated rings. The number of nitrogens with zero attached hydrogens (tertiary/aromatic N) is 3. The number of halogens is 1. The summed E-state index contributed by atoms with van der Waals surface area (Å²) in [4.78, 5) is 6.68. The molecule has 32 heavy (non-hydrogen) atoms. The predicted octanol–water partition coefficient (Wildman–Crippen LogP) is 4.96. The van der Waals surface area contributed by atoms with Gasteiger partial charge in [-0.2, -0.15) is 4.98 Å². The van der Waals surface area contributed by atoms with Gasteiger partial charge in [0.05, 0.1) is 11.6 Å². The van der Waals surface area contributed by atoms with Gasteiger partial charge in [0.25, 0.3) is 5.89 Å². The molecule has 2 heterocycles. The molecule has 3 aromatic rings. The second-order valence-electron chi connectivity index (χ2n) is 7.42. The Hall–Kier alpha value is -3.10. The van der Waals surface area contributed by atoms with Gasteiger partial charge in [0.1, 0.15) is 5.82 Å². The van der Waals surface area contributed by atoms with Crippen LogP contribution in [-0.2, 0) is 4.74 Å². The van der Waals surface area contributed by atoms with Crippen LogP contribution in [0.3, 0.4) is 0 Å². The van der Waals surface area contributed by atoms with Crippen LogP contribution in [0.5, 0.6) is 0 Å². The molecule has 1 aliphatic rings. The molecule has 1 unspecified atom stereocenters. The van der Waals surface area contributed by atoms with Crippen LogP contribution < -0.4 is 5.32 Å². The maximum Gasteiger partial charge on any atom is 0.258 e. The maximum atomic E-state index is 13.3. The Morgan fingerprint density at radius 2 is 1.91 bits per heavy atom. The van der Waals surface area contributed by atoms with Gasteiger partial charge in [-0.15, -0.1) is 0 Å². The van der Waals surface area contributed by atoms with Crippen LogP contribution in [0.25, 0.3) is 17.0 Å². The van der Waals surface area contributed by atoms with E-state index < -0.39 is 0 Å². The second kappa shape index (κ2) is 10.0. The fourth-order valence-electron chi connectivity index (χ4n) is 3.74. The van der Waals surface area contributed by atoms with E-state index in [1.54, 1.807) is 12.1 Å². The Kier molecular flexibility index (Phi) is 6.92. The molecule has 0 spiro atoms. The van der Waals surface area contributed by atoms with Gasteiger partial charge in [-0.05, 0) is 62.3 Å². The molecule has 0 saturated heterocycles. The molecule has 1 aliphatic heterocycles. The lowest BCUT2D eigenvalue weighted by Crippen LogP contribution is -2.46. The molecule has 2 aromatic carbocycles. The van der Waals surface area contributed by atoms with E-state index in [0.29, 0.717) is 42.1 Å². The second-order valence-corrected chi connectivity index (χ2v) is 7.81. The van der Waals surface area contributed by atoms with Crippen LogP contribution >= 0.6 is 12.2 Å². The SMILES string of the molecule is CCOCCCN1C(=S)NC(c2ccccc2)C(c2nc(-c3ccc(F)cc3)no2)=C1C. The van der Waals surface area contributed by atoms with Crippen molar-refractivity contribution in [3.05, 3.63) is 77.6 Å². The van der Waals surface area contributed by atoms with Gasteiger partial charge in [-0.25, -0.2) is 4.39 Å². The third-order valence-electron chi connectivity index (χ3n) is 5.36. The smallest absolute Gasteiger partial charge is 0.258 e. The minimum Gasteiger partial charge on any atom is -0.382 e. The van der Waals surface area contributed by atoms with E-state index in [-0.39, 0.29) is 11.9 Å². The van der Waals surface area contributed by atoms with E-state index in [1.807, 2.05) is 49.1 Å². The number of benzene rings is 2. The zero-order valence-corrected chi connectivity index (χ0v) is 18.9. The van der Waals surface area contributed by atoms with Crippen molar-refractivity contribution in [2.75, 3.05) is 19.8 Å². The molecular weight excluding hydrogens is 427 g/mol. The van der Waals surface area contributed by atoms with Crippen molar-refractivity contribution in [2.45, 2.75) is 26.3 Å². The highest BCUT2D eigenvalue weighted by molar-refractivity contribution is 7.80. The van der Waals surface area contributed by atoms with Crippen LogP contribution in [0.4, 0.5) is 4.39 Å². The summed E-state index contributed by atoms with van der Waals surface area (Å²) in [6.45, 7) is 6.06. The molecule has 1 atom stereocenters. The molecular formula is C24H25FN4O2S.